The van der Waals surface area contributed by atoms with Crippen molar-refractivity contribution < 1.29 is 9.47 Å². The van der Waals surface area contributed by atoms with Gasteiger partial charge in [0.25, 0.3) is 0 Å². The van der Waals surface area contributed by atoms with Gasteiger partial charge >= 0.3 is 0 Å². The summed E-state index contributed by atoms with van der Waals surface area (Å²) in [6, 6.07) is 5.85. The molecule has 0 aliphatic carbocycles. The lowest BCUT2D eigenvalue weighted by Crippen LogP contribution is -2.06. The summed E-state index contributed by atoms with van der Waals surface area (Å²) < 4.78 is 10.9. The van der Waals surface area contributed by atoms with Crippen LogP contribution >= 0.6 is 0 Å². The van der Waals surface area contributed by atoms with Crippen LogP contribution in [0, 0.1) is 0 Å². The molecule has 0 radical (unpaired) electrons. The fourth-order valence-corrected chi connectivity index (χ4v) is 1.41. The summed E-state index contributed by atoms with van der Waals surface area (Å²) in [6.45, 7) is 4.82. The molecule has 0 aliphatic heterocycles. The van der Waals surface area contributed by atoms with Crippen LogP contribution in [0.4, 0.5) is 0 Å². The van der Waals surface area contributed by atoms with Crippen molar-refractivity contribution in [3.05, 3.63) is 23.8 Å². The first-order valence-corrected chi connectivity index (χ1v) is 5.75. The van der Waals surface area contributed by atoms with Crippen LogP contribution in [0.15, 0.2) is 18.2 Å². The molecule has 3 nitrogen and oxygen atoms in total. The Morgan fingerprint density at radius 3 is 2.62 bits per heavy atom. The van der Waals surface area contributed by atoms with E-state index in [4.69, 9.17) is 15.2 Å². The Morgan fingerprint density at radius 1 is 1.31 bits per heavy atom. The Kier molecular flexibility index (Phi) is 5.12. The molecule has 1 rings (SSSR count). The molecule has 0 aromatic heterocycles. The number of hydrogen-bond acceptors (Lipinski definition) is 3. The monoisotopic (exact) mass is 223 g/mol. The van der Waals surface area contributed by atoms with Crippen molar-refractivity contribution in [2.24, 2.45) is 5.73 Å². The van der Waals surface area contributed by atoms with Gasteiger partial charge < -0.3 is 15.2 Å². The smallest absolute Gasteiger partial charge is 0.161 e. The van der Waals surface area contributed by atoms with Crippen LogP contribution in [0.3, 0.4) is 0 Å². The highest BCUT2D eigenvalue weighted by Gasteiger charge is 2.07. The van der Waals surface area contributed by atoms with Crippen LogP contribution in [-0.2, 0) is 0 Å². The van der Waals surface area contributed by atoms with E-state index in [0.29, 0.717) is 0 Å². The molecule has 3 heteroatoms. The molecule has 1 atom stereocenters. The van der Waals surface area contributed by atoms with E-state index in [2.05, 4.69) is 6.92 Å². The van der Waals surface area contributed by atoms with E-state index < -0.39 is 0 Å². The largest absolute Gasteiger partial charge is 0.493 e. The standard InChI is InChI=1S/C13H21NO2/c1-4-5-8-16-12-7-6-11(10(2)14)9-13(12)15-3/h6-7,9-10H,4-5,8,14H2,1-3H3/t10-/m1/s1. The van der Waals surface area contributed by atoms with Crippen molar-refractivity contribution in [2.75, 3.05) is 13.7 Å². The maximum atomic E-state index is 5.81. The predicted octanol–water partition coefficient (Wildman–Crippen LogP) is 2.89. The second-order valence-corrected chi connectivity index (χ2v) is 3.90. The maximum Gasteiger partial charge on any atom is 0.161 e. The molecule has 2 N–H and O–H groups in total. The Morgan fingerprint density at radius 2 is 2.06 bits per heavy atom. The Balaban J connectivity index is 2.76. The minimum absolute atomic E-state index is 0.0126. The first-order valence-electron chi connectivity index (χ1n) is 5.75. The van der Waals surface area contributed by atoms with Crippen molar-refractivity contribution in [3.63, 3.8) is 0 Å². The first-order chi connectivity index (χ1) is 7.69. The summed E-state index contributed by atoms with van der Waals surface area (Å²) in [5, 5.41) is 0. The van der Waals surface area contributed by atoms with Gasteiger partial charge in [0.05, 0.1) is 13.7 Å². The Hall–Kier alpha value is -1.22. The van der Waals surface area contributed by atoms with Gasteiger partial charge in [-0.05, 0) is 31.0 Å². The second kappa shape index (κ2) is 6.38. The molecule has 0 fully saturated rings. The topological polar surface area (TPSA) is 44.5 Å². The van der Waals surface area contributed by atoms with Gasteiger partial charge in [0.1, 0.15) is 0 Å². The lowest BCUT2D eigenvalue weighted by atomic mass is 10.1. The van der Waals surface area contributed by atoms with E-state index >= 15 is 0 Å². The number of methoxy groups -OCH3 is 1. The average molecular weight is 223 g/mol. The van der Waals surface area contributed by atoms with Gasteiger partial charge in [-0.3, -0.25) is 0 Å². The van der Waals surface area contributed by atoms with E-state index in [1.165, 1.54) is 0 Å². The molecular weight excluding hydrogens is 202 g/mol. The van der Waals surface area contributed by atoms with Gasteiger partial charge in [0.2, 0.25) is 0 Å². The first kappa shape index (κ1) is 12.8. The Bertz CT molecular complexity index is 324. The number of benzene rings is 1. The molecule has 1 aromatic carbocycles. The number of rotatable bonds is 6. The lowest BCUT2D eigenvalue weighted by molar-refractivity contribution is 0.288. The van der Waals surface area contributed by atoms with E-state index in [0.717, 1.165) is 36.5 Å². The normalized spacial score (nSPS) is 12.2. The van der Waals surface area contributed by atoms with Gasteiger partial charge in [-0.1, -0.05) is 19.4 Å². The summed E-state index contributed by atoms with van der Waals surface area (Å²) in [4.78, 5) is 0. The molecule has 90 valence electrons. The molecule has 0 heterocycles. The zero-order valence-electron chi connectivity index (χ0n) is 10.3. The SMILES string of the molecule is CCCCOc1ccc([C@@H](C)N)cc1OC. The van der Waals surface area contributed by atoms with Crippen molar-refractivity contribution in [2.45, 2.75) is 32.7 Å². The van der Waals surface area contributed by atoms with Crippen molar-refractivity contribution in [1.29, 1.82) is 0 Å². The van der Waals surface area contributed by atoms with Crippen LogP contribution in [0.5, 0.6) is 11.5 Å². The van der Waals surface area contributed by atoms with Crippen LogP contribution < -0.4 is 15.2 Å². The van der Waals surface area contributed by atoms with Crippen molar-refractivity contribution in [1.82, 2.24) is 0 Å². The summed E-state index contributed by atoms with van der Waals surface area (Å²) in [5.41, 5.74) is 6.87. The predicted molar refractivity (Wildman–Crippen MR) is 66.0 cm³/mol. The highest BCUT2D eigenvalue weighted by molar-refractivity contribution is 5.43. The zero-order chi connectivity index (χ0) is 12.0. The molecule has 1 aromatic rings. The molecule has 0 saturated carbocycles. The van der Waals surface area contributed by atoms with Gasteiger partial charge in [0.15, 0.2) is 11.5 Å². The summed E-state index contributed by atoms with van der Waals surface area (Å²) in [7, 11) is 1.65. The average Bonchev–Trinajstić information content (AvgIpc) is 2.29. The number of hydrogen-bond donors (Lipinski definition) is 1. The van der Waals surface area contributed by atoms with Gasteiger partial charge in [-0.25, -0.2) is 0 Å². The fraction of sp³-hybridized carbons (Fsp3) is 0.538. The minimum Gasteiger partial charge on any atom is -0.493 e. The molecule has 0 amide bonds. The third kappa shape index (κ3) is 3.42. The van der Waals surface area contributed by atoms with E-state index in [9.17, 15) is 0 Å². The summed E-state index contributed by atoms with van der Waals surface area (Å²) in [5.74, 6) is 1.55. The number of ether oxygens (including phenoxy) is 2. The van der Waals surface area contributed by atoms with Crippen LogP contribution in [-0.4, -0.2) is 13.7 Å². The van der Waals surface area contributed by atoms with Crippen LogP contribution in [0.2, 0.25) is 0 Å². The van der Waals surface area contributed by atoms with E-state index in [-0.39, 0.29) is 6.04 Å². The molecule has 0 aliphatic rings. The molecule has 0 saturated heterocycles. The second-order valence-electron chi connectivity index (χ2n) is 3.90. The van der Waals surface area contributed by atoms with Crippen LogP contribution in [0.25, 0.3) is 0 Å². The quantitative estimate of drug-likeness (QED) is 0.754. The van der Waals surface area contributed by atoms with Crippen LogP contribution in [0.1, 0.15) is 38.3 Å². The Labute approximate surface area is 97.6 Å². The maximum absolute atomic E-state index is 5.81. The highest BCUT2D eigenvalue weighted by atomic mass is 16.5. The third-order valence-corrected chi connectivity index (χ3v) is 2.47. The number of unbranched alkanes of at least 4 members (excludes halogenated alkanes) is 1. The zero-order valence-corrected chi connectivity index (χ0v) is 10.3. The van der Waals surface area contributed by atoms with Crippen molar-refractivity contribution in [3.8, 4) is 11.5 Å². The number of nitrogens with two attached hydrogens (primary N) is 1. The van der Waals surface area contributed by atoms with Gasteiger partial charge in [-0.15, -0.1) is 0 Å². The lowest BCUT2D eigenvalue weighted by Gasteiger charge is -2.13. The third-order valence-electron chi connectivity index (χ3n) is 2.47. The molecule has 0 spiro atoms. The summed E-state index contributed by atoms with van der Waals surface area (Å²) in [6.07, 6.45) is 2.18. The fourth-order valence-electron chi connectivity index (χ4n) is 1.41. The highest BCUT2D eigenvalue weighted by Crippen LogP contribution is 2.29. The van der Waals surface area contributed by atoms with E-state index in [1.807, 2.05) is 25.1 Å². The van der Waals surface area contributed by atoms with Gasteiger partial charge in [0, 0.05) is 6.04 Å². The molecule has 16 heavy (non-hydrogen) atoms. The minimum atomic E-state index is 0.0126. The van der Waals surface area contributed by atoms with Gasteiger partial charge in [-0.2, -0.15) is 0 Å². The molecule has 0 unspecified atom stereocenters. The molecule has 0 bridgehead atoms. The molecular formula is C13H21NO2. The van der Waals surface area contributed by atoms with Crippen molar-refractivity contribution >= 4 is 0 Å². The van der Waals surface area contributed by atoms with E-state index in [1.54, 1.807) is 7.11 Å². The summed E-state index contributed by atoms with van der Waals surface area (Å²) >= 11 is 0.